The van der Waals surface area contributed by atoms with Gasteiger partial charge in [0.2, 0.25) is 0 Å². The highest BCUT2D eigenvalue weighted by molar-refractivity contribution is 7.17. The molecule has 1 aliphatic heterocycles. The van der Waals surface area contributed by atoms with Crippen LogP contribution in [-0.2, 0) is 6.42 Å². The summed E-state index contributed by atoms with van der Waals surface area (Å²) >= 11 is 7.80. The third kappa shape index (κ3) is 4.13. The smallest absolute Gasteiger partial charge is 0.186 e. The molecule has 5 rings (SSSR count). The summed E-state index contributed by atoms with van der Waals surface area (Å²) in [6, 6.07) is 15.3. The Morgan fingerprint density at radius 1 is 1.16 bits per heavy atom. The van der Waals surface area contributed by atoms with E-state index >= 15 is 0 Å². The van der Waals surface area contributed by atoms with Crippen LogP contribution in [0.2, 0.25) is 5.02 Å². The molecule has 4 nitrogen and oxygen atoms in total. The van der Waals surface area contributed by atoms with Gasteiger partial charge in [0.05, 0.1) is 16.6 Å². The Morgan fingerprint density at radius 2 is 1.97 bits per heavy atom. The van der Waals surface area contributed by atoms with Crippen LogP contribution in [0.25, 0.3) is 16.8 Å². The van der Waals surface area contributed by atoms with Crippen LogP contribution in [0, 0.1) is 0 Å². The van der Waals surface area contributed by atoms with Crippen molar-refractivity contribution in [3.05, 3.63) is 75.1 Å². The highest BCUT2D eigenvalue weighted by Gasteiger charge is 2.29. The van der Waals surface area contributed by atoms with Crippen LogP contribution in [0.1, 0.15) is 40.5 Å². The molecule has 0 saturated carbocycles. The molecule has 0 radical (unpaired) electrons. The van der Waals surface area contributed by atoms with Crippen molar-refractivity contribution in [2.24, 2.45) is 4.99 Å². The van der Waals surface area contributed by atoms with Gasteiger partial charge in [0.1, 0.15) is 0 Å². The largest absolute Gasteiger partial charge is 0.344 e. The lowest BCUT2D eigenvalue weighted by Gasteiger charge is -2.25. The minimum absolute atomic E-state index is 0.336. The Balaban J connectivity index is 1.48. The van der Waals surface area contributed by atoms with Crippen LogP contribution in [0.4, 0.5) is 5.13 Å². The second-order valence-corrected chi connectivity index (χ2v) is 9.81. The molecule has 6 heteroatoms. The van der Waals surface area contributed by atoms with Gasteiger partial charge < -0.3 is 10.2 Å². The van der Waals surface area contributed by atoms with Gasteiger partial charge in [-0.05, 0) is 66.3 Å². The van der Waals surface area contributed by atoms with Crippen LogP contribution >= 0.6 is 22.9 Å². The number of aromatic nitrogens is 1. The molecule has 1 aliphatic carbocycles. The van der Waals surface area contributed by atoms with Gasteiger partial charge in [0.25, 0.3) is 0 Å². The van der Waals surface area contributed by atoms with Crippen molar-refractivity contribution in [3.8, 4) is 11.3 Å². The van der Waals surface area contributed by atoms with E-state index in [-0.39, 0.29) is 0 Å². The Hall–Kier alpha value is -2.47. The second-order valence-electron chi connectivity index (χ2n) is 8.37. The van der Waals surface area contributed by atoms with Crippen LogP contribution in [0.5, 0.6) is 0 Å². The quantitative estimate of drug-likeness (QED) is 0.472. The molecule has 0 saturated heterocycles. The second kappa shape index (κ2) is 9.18. The number of rotatable bonds is 5. The zero-order valence-corrected chi connectivity index (χ0v) is 20.0. The van der Waals surface area contributed by atoms with Crippen molar-refractivity contribution in [2.45, 2.75) is 25.3 Å². The molecule has 2 aromatic carbocycles. The maximum Gasteiger partial charge on any atom is 0.186 e. The number of hydrogen-bond acceptors (Lipinski definition) is 5. The average molecular weight is 463 g/mol. The Morgan fingerprint density at radius 3 is 2.72 bits per heavy atom. The average Bonchev–Trinajstić information content (AvgIpc) is 3.44. The van der Waals surface area contributed by atoms with E-state index in [4.69, 9.17) is 16.6 Å². The molecule has 1 atom stereocenters. The summed E-state index contributed by atoms with van der Waals surface area (Å²) in [5.74, 6) is 0. The van der Waals surface area contributed by atoms with Crippen LogP contribution in [-0.4, -0.2) is 38.4 Å². The predicted molar refractivity (Wildman–Crippen MR) is 137 cm³/mol. The molecule has 164 valence electrons. The first-order chi connectivity index (χ1) is 15.6. The van der Waals surface area contributed by atoms with E-state index in [1.807, 2.05) is 30.5 Å². The summed E-state index contributed by atoms with van der Waals surface area (Å²) in [5.41, 5.74) is 7.76. The molecule has 32 heavy (non-hydrogen) atoms. The summed E-state index contributed by atoms with van der Waals surface area (Å²) in [5, 5.41) is 5.16. The van der Waals surface area contributed by atoms with Crippen molar-refractivity contribution < 1.29 is 0 Å². The zero-order valence-electron chi connectivity index (χ0n) is 18.4. The molecule has 0 fully saturated rings. The number of benzene rings is 2. The summed E-state index contributed by atoms with van der Waals surface area (Å²) in [6.07, 6.45) is 7.56. The lowest BCUT2D eigenvalue weighted by molar-refractivity contribution is 0.660. The highest BCUT2D eigenvalue weighted by atomic mass is 35.5. The molecule has 2 heterocycles. The van der Waals surface area contributed by atoms with Crippen LogP contribution in [0.3, 0.4) is 0 Å². The van der Waals surface area contributed by atoms with E-state index in [2.05, 4.69) is 46.5 Å². The summed E-state index contributed by atoms with van der Waals surface area (Å²) < 4.78 is 0. The molecule has 1 unspecified atom stereocenters. The lowest BCUT2D eigenvalue weighted by atomic mass is 9.96. The van der Waals surface area contributed by atoms with Gasteiger partial charge in [-0.25, -0.2) is 4.98 Å². The van der Waals surface area contributed by atoms with Gasteiger partial charge in [-0.1, -0.05) is 53.3 Å². The number of nitrogens with one attached hydrogen (secondary N) is 1. The topological polar surface area (TPSA) is 40.5 Å². The van der Waals surface area contributed by atoms with E-state index in [0.29, 0.717) is 6.04 Å². The fourth-order valence-electron chi connectivity index (χ4n) is 4.69. The fraction of sp³-hybridized carbons (Fsp3) is 0.308. The molecule has 2 aliphatic rings. The standard InChI is InChI=1S/C26H27ClN4S/c1-28-16-24-25(19-5-8-21(27)9-6-19)30-26(32-24)31(2)23-10-7-18-3-4-20(15-22(18)23)17-11-13-29-14-12-17/h3-6,8-9,11,15-16,23,29H,7,10,12-14H2,1-2H3. The van der Waals surface area contributed by atoms with E-state index < -0.39 is 0 Å². The maximum atomic E-state index is 6.10. The van der Waals surface area contributed by atoms with Crippen molar-refractivity contribution in [1.82, 2.24) is 10.3 Å². The number of nitrogens with zero attached hydrogens (tertiary/aromatic N) is 3. The maximum absolute atomic E-state index is 6.10. The van der Waals surface area contributed by atoms with Crippen molar-refractivity contribution in [1.29, 1.82) is 0 Å². The first kappa shape index (κ1) is 21.4. The van der Waals surface area contributed by atoms with Crippen molar-refractivity contribution >= 4 is 39.9 Å². The molecule has 1 N–H and O–H groups in total. The normalized spacial score (nSPS) is 18.1. The van der Waals surface area contributed by atoms with Crippen molar-refractivity contribution in [2.75, 3.05) is 32.1 Å². The number of fused-ring (bicyclic) bond motifs is 1. The number of hydrogen-bond donors (Lipinski definition) is 1. The van der Waals surface area contributed by atoms with Gasteiger partial charge in [-0.2, -0.15) is 0 Å². The van der Waals surface area contributed by atoms with E-state index in [0.717, 1.165) is 58.6 Å². The zero-order chi connectivity index (χ0) is 22.1. The molecule has 0 bridgehead atoms. The number of anilines is 1. The SMILES string of the molecule is CN=Cc1sc(N(C)C2CCc3ccc(C4=CCNCC4)cc32)nc1-c1ccc(Cl)cc1. The molecule has 1 aromatic heterocycles. The molecule has 0 amide bonds. The van der Waals surface area contributed by atoms with Gasteiger partial charge >= 0.3 is 0 Å². The van der Waals surface area contributed by atoms with Gasteiger partial charge in [0, 0.05) is 37.4 Å². The Bertz CT molecular complexity index is 1180. The van der Waals surface area contributed by atoms with Gasteiger partial charge in [-0.3, -0.25) is 4.99 Å². The van der Waals surface area contributed by atoms with E-state index in [1.165, 1.54) is 22.3 Å². The Kier molecular flexibility index (Phi) is 6.13. The minimum atomic E-state index is 0.336. The molecule has 0 spiro atoms. The third-order valence-corrected chi connectivity index (χ3v) is 7.73. The minimum Gasteiger partial charge on any atom is -0.344 e. The summed E-state index contributed by atoms with van der Waals surface area (Å²) in [7, 11) is 3.98. The summed E-state index contributed by atoms with van der Waals surface area (Å²) in [4.78, 5) is 12.7. The Labute approximate surface area is 198 Å². The fourth-order valence-corrected chi connectivity index (χ4v) is 5.84. The number of aryl methyl sites for hydroxylation is 1. The first-order valence-corrected chi connectivity index (χ1v) is 12.3. The number of aliphatic imine (C=N–C) groups is 1. The number of thiazole rings is 1. The first-order valence-electron chi connectivity index (χ1n) is 11.1. The van der Waals surface area contributed by atoms with E-state index in [9.17, 15) is 0 Å². The van der Waals surface area contributed by atoms with Gasteiger partial charge in [0.15, 0.2) is 5.13 Å². The van der Waals surface area contributed by atoms with Gasteiger partial charge in [-0.15, -0.1) is 0 Å². The number of halogens is 1. The third-order valence-electron chi connectivity index (χ3n) is 6.40. The molecular formula is C26H27ClN4S. The van der Waals surface area contributed by atoms with Crippen LogP contribution < -0.4 is 10.2 Å². The molecule has 3 aromatic rings. The highest BCUT2D eigenvalue weighted by Crippen LogP contribution is 2.41. The van der Waals surface area contributed by atoms with E-state index in [1.54, 1.807) is 18.4 Å². The predicted octanol–water partition coefficient (Wildman–Crippen LogP) is 6.01. The van der Waals surface area contributed by atoms with Crippen molar-refractivity contribution in [3.63, 3.8) is 0 Å². The monoisotopic (exact) mass is 462 g/mol. The molecular weight excluding hydrogens is 436 g/mol. The lowest BCUT2D eigenvalue weighted by Crippen LogP contribution is -2.22. The summed E-state index contributed by atoms with van der Waals surface area (Å²) in [6.45, 7) is 2.02. The van der Waals surface area contributed by atoms with Crippen LogP contribution in [0.15, 0.2) is 53.5 Å².